The molecule has 0 unspecified atom stereocenters. The minimum absolute atomic E-state index is 0.0643. The Morgan fingerprint density at radius 1 is 1.16 bits per heavy atom. The fraction of sp³-hybridized carbons (Fsp3) is 1.00. The lowest BCUT2D eigenvalue weighted by molar-refractivity contribution is -0.323. The van der Waals surface area contributed by atoms with E-state index >= 15 is 0 Å². The third kappa shape index (κ3) is 4.00. The van der Waals surface area contributed by atoms with Gasteiger partial charge in [-0.05, 0) is 31.8 Å². The zero-order valence-electron chi connectivity index (χ0n) is 11.2. The van der Waals surface area contributed by atoms with Crippen LogP contribution in [0.2, 0.25) is 0 Å². The van der Waals surface area contributed by atoms with Crippen molar-refractivity contribution in [2.24, 2.45) is 0 Å². The molecule has 0 aromatic carbocycles. The monoisotopic (exact) mass is 310 g/mol. The van der Waals surface area contributed by atoms with Crippen LogP contribution < -0.4 is 0 Å². The number of thioether (sulfide) groups is 2. The van der Waals surface area contributed by atoms with E-state index in [9.17, 15) is 15.3 Å². The lowest BCUT2D eigenvalue weighted by Crippen LogP contribution is -2.57. The van der Waals surface area contributed by atoms with Gasteiger partial charge in [0.1, 0.15) is 24.4 Å². The standard InChI is InChI=1S/C12H22O5S2/c1-12(2)16-6-7(13)10(17-12)8(14)9(15)11-18-4-3-5-19-11/h7-11,13-15H,3-6H2,1-2H3/t7-,8-,9-,10+/m1/s1. The predicted molar refractivity (Wildman–Crippen MR) is 76.2 cm³/mol. The zero-order chi connectivity index (χ0) is 14.0. The second kappa shape index (κ2) is 6.51. The third-order valence-corrected chi connectivity index (χ3v) is 6.30. The van der Waals surface area contributed by atoms with Gasteiger partial charge in [0.15, 0.2) is 5.79 Å². The van der Waals surface area contributed by atoms with Crippen LogP contribution >= 0.6 is 23.5 Å². The summed E-state index contributed by atoms with van der Waals surface area (Å²) in [6.45, 7) is 3.57. The quantitative estimate of drug-likeness (QED) is 0.697. The van der Waals surface area contributed by atoms with Gasteiger partial charge in [0, 0.05) is 0 Å². The van der Waals surface area contributed by atoms with E-state index < -0.39 is 30.2 Å². The third-order valence-electron chi connectivity index (χ3n) is 3.22. The molecule has 2 aliphatic heterocycles. The number of hydrogen-bond acceptors (Lipinski definition) is 7. The van der Waals surface area contributed by atoms with Crippen LogP contribution in [0.3, 0.4) is 0 Å². The molecule has 0 bridgehead atoms. The van der Waals surface area contributed by atoms with Crippen LogP contribution in [0.25, 0.3) is 0 Å². The van der Waals surface area contributed by atoms with Crippen molar-refractivity contribution in [3.63, 3.8) is 0 Å². The molecule has 4 atom stereocenters. The first-order valence-corrected chi connectivity index (χ1v) is 8.60. The van der Waals surface area contributed by atoms with Crippen molar-refractivity contribution in [3.8, 4) is 0 Å². The van der Waals surface area contributed by atoms with E-state index in [-0.39, 0.29) is 11.2 Å². The molecular weight excluding hydrogens is 288 g/mol. The van der Waals surface area contributed by atoms with Crippen molar-refractivity contribution >= 4 is 23.5 Å². The van der Waals surface area contributed by atoms with Crippen LogP contribution in [0, 0.1) is 0 Å². The summed E-state index contributed by atoms with van der Waals surface area (Å²) in [6.07, 6.45) is -2.64. The van der Waals surface area contributed by atoms with Crippen LogP contribution in [0.4, 0.5) is 0 Å². The Hall–Kier alpha value is 0.500. The topological polar surface area (TPSA) is 79.2 Å². The summed E-state index contributed by atoms with van der Waals surface area (Å²) in [4.78, 5) is 0. The molecule has 2 heterocycles. The van der Waals surface area contributed by atoms with E-state index in [4.69, 9.17) is 9.47 Å². The van der Waals surface area contributed by atoms with Gasteiger partial charge in [0.05, 0.1) is 11.2 Å². The van der Waals surface area contributed by atoms with Crippen molar-refractivity contribution in [1.82, 2.24) is 0 Å². The summed E-state index contributed by atoms with van der Waals surface area (Å²) >= 11 is 3.30. The van der Waals surface area contributed by atoms with Gasteiger partial charge in [-0.3, -0.25) is 0 Å². The number of rotatable bonds is 3. The summed E-state index contributed by atoms with van der Waals surface area (Å²) in [5.74, 6) is 1.13. The van der Waals surface area contributed by atoms with E-state index in [1.807, 2.05) is 0 Å². The lowest BCUT2D eigenvalue weighted by Gasteiger charge is -2.42. The Balaban J connectivity index is 1.98. The molecule has 0 spiro atoms. The fourth-order valence-electron chi connectivity index (χ4n) is 2.18. The van der Waals surface area contributed by atoms with Crippen LogP contribution in [0.5, 0.6) is 0 Å². The molecule has 0 radical (unpaired) electrons. The average Bonchev–Trinajstić information content (AvgIpc) is 2.41. The molecule has 7 heteroatoms. The maximum absolute atomic E-state index is 10.3. The SMILES string of the molecule is CC1(C)OC[C@@H](O)[C@@H]([C@H](O)[C@@H](O)C2SCCCS2)O1. The Labute approximate surface area is 122 Å². The fourth-order valence-corrected chi connectivity index (χ4v) is 5.12. The lowest BCUT2D eigenvalue weighted by atomic mass is 10.0. The van der Waals surface area contributed by atoms with E-state index in [1.54, 1.807) is 37.4 Å². The summed E-state index contributed by atoms with van der Waals surface area (Å²) in [7, 11) is 0. The van der Waals surface area contributed by atoms with Gasteiger partial charge in [-0.2, -0.15) is 0 Å². The maximum atomic E-state index is 10.3. The highest BCUT2D eigenvalue weighted by Crippen LogP contribution is 2.36. The molecular formula is C12H22O5S2. The molecule has 3 N–H and O–H groups in total. The molecule has 0 aromatic rings. The van der Waals surface area contributed by atoms with Crippen LogP contribution in [0.1, 0.15) is 20.3 Å². The van der Waals surface area contributed by atoms with Crippen LogP contribution in [0.15, 0.2) is 0 Å². The number of hydrogen-bond donors (Lipinski definition) is 3. The van der Waals surface area contributed by atoms with Gasteiger partial charge < -0.3 is 24.8 Å². The van der Waals surface area contributed by atoms with Crippen molar-refractivity contribution in [2.75, 3.05) is 18.1 Å². The van der Waals surface area contributed by atoms with Gasteiger partial charge in [-0.15, -0.1) is 23.5 Å². The summed E-state index contributed by atoms with van der Waals surface area (Å²) in [5, 5.41) is 30.4. The van der Waals surface area contributed by atoms with Crippen molar-refractivity contribution in [2.45, 2.75) is 55.1 Å². The van der Waals surface area contributed by atoms with Gasteiger partial charge in [0.2, 0.25) is 0 Å². The number of aliphatic hydroxyl groups excluding tert-OH is 3. The average molecular weight is 310 g/mol. The first-order chi connectivity index (χ1) is 8.91. The zero-order valence-corrected chi connectivity index (χ0v) is 12.8. The minimum atomic E-state index is -1.11. The highest BCUT2D eigenvalue weighted by Gasteiger charge is 2.44. The smallest absolute Gasteiger partial charge is 0.163 e. The van der Waals surface area contributed by atoms with Gasteiger partial charge in [-0.1, -0.05) is 0 Å². The molecule has 0 amide bonds. The molecule has 2 fully saturated rings. The molecule has 0 aliphatic carbocycles. The second-order valence-electron chi connectivity index (χ2n) is 5.31. The molecule has 2 saturated heterocycles. The highest BCUT2D eigenvalue weighted by molar-refractivity contribution is 8.17. The van der Waals surface area contributed by atoms with E-state index in [0.717, 1.165) is 17.9 Å². The van der Waals surface area contributed by atoms with Gasteiger partial charge in [-0.25, -0.2) is 0 Å². The second-order valence-corrected chi connectivity index (χ2v) is 8.10. The Kier molecular flexibility index (Phi) is 5.44. The molecule has 5 nitrogen and oxygen atoms in total. The summed E-state index contributed by atoms with van der Waals surface area (Å²) in [6, 6.07) is 0. The van der Waals surface area contributed by atoms with E-state index in [2.05, 4.69) is 0 Å². The van der Waals surface area contributed by atoms with Gasteiger partial charge >= 0.3 is 0 Å². The molecule has 19 heavy (non-hydrogen) atoms. The van der Waals surface area contributed by atoms with Gasteiger partial charge in [0.25, 0.3) is 0 Å². The first kappa shape index (κ1) is 15.9. The predicted octanol–water partition coefficient (Wildman–Crippen LogP) is 0.417. The largest absolute Gasteiger partial charge is 0.388 e. The molecule has 2 aliphatic rings. The first-order valence-electron chi connectivity index (χ1n) is 6.50. The molecule has 112 valence electrons. The summed E-state index contributed by atoms with van der Waals surface area (Å²) < 4.78 is 10.8. The van der Waals surface area contributed by atoms with Crippen molar-refractivity contribution in [1.29, 1.82) is 0 Å². The Bertz CT molecular complexity index is 296. The van der Waals surface area contributed by atoms with Crippen LogP contribution in [-0.4, -0.2) is 68.2 Å². The maximum Gasteiger partial charge on any atom is 0.163 e. The molecule has 0 saturated carbocycles. The number of ether oxygens (including phenoxy) is 2. The van der Waals surface area contributed by atoms with E-state index in [0.29, 0.717) is 0 Å². The van der Waals surface area contributed by atoms with Crippen molar-refractivity contribution in [3.05, 3.63) is 0 Å². The molecule has 2 rings (SSSR count). The summed E-state index contributed by atoms with van der Waals surface area (Å²) in [5.41, 5.74) is 0. The van der Waals surface area contributed by atoms with E-state index in [1.165, 1.54) is 0 Å². The normalized spacial score (nSPS) is 35.8. The van der Waals surface area contributed by atoms with Crippen molar-refractivity contribution < 1.29 is 24.8 Å². The Morgan fingerprint density at radius 3 is 2.42 bits per heavy atom. The number of aliphatic hydroxyl groups is 3. The Morgan fingerprint density at radius 2 is 1.79 bits per heavy atom. The molecule has 0 aromatic heterocycles. The highest BCUT2D eigenvalue weighted by atomic mass is 32.2. The van der Waals surface area contributed by atoms with Crippen LogP contribution in [-0.2, 0) is 9.47 Å². The minimum Gasteiger partial charge on any atom is -0.388 e.